The van der Waals surface area contributed by atoms with Crippen LogP contribution in [0.4, 0.5) is 0 Å². The number of pyridine rings is 1. The van der Waals surface area contributed by atoms with E-state index in [2.05, 4.69) is 62.9 Å². The topological polar surface area (TPSA) is 41.8 Å². The van der Waals surface area contributed by atoms with Gasteiger partial charge < -0.3 is 0 Å². The minimum atomic E-state index is -0.757. The molecule has 4 aromatic heterocycles. The number of hydrogen-bond donors (Lipinski definition) is 0. The first-order valence-electron chi connectivity index (χ1n) is 31.5. The van der Waals surface area contributed by atoms with Gasteiger partial charge in [0.25, 0.3) is 0 Å². The first-order chi connectivity index (χ1) is 42.2. The van der Waals surface area contributed by atoms with Gasteiger partial charge in [-0.15, -0.1) is 0 Å². The monoisotopic (exact) mass is 1110 g/mol. The van der Waals surface area contributed by atoms with Crippen molar-refractivity contribution in [2.45, 2.75) is 26.2 Å². The van der Waals surface area contributed by atoms with Crippen LogP contribution in [0.25, 0.3) is 99.8 Å². The second-order valence-corrected chi connectivity index (χ2v) is 18.9. The molecule has 0 aliphatic carbocycles. The van der Waals surface area contributed by atoms with Crippen LogP contribution in [0.2, 0.25) is 0 Å². The molecule has 13 aromatic rings. The van der Waals surface area contributed by atoms with Gasteiger partial charge in [-0.25, -0.2) is 0 Å². The summed E-state index contributed by atoms with van der Waals surface area (Å²) in [5.74, 6) is 1.67. The van der Waals surface area contributed by atoms with Crippen LogP contribution in [0.15, 0.2) is 230 Å². The Morgan fingerprint density at radius 3 is 1.69 bits per heavy atom. The second-order valence-electron chi connectivity index (χ2n) is 17.9. The van der Waals surface area contributed by atoms with Gasteiger partial charge in [-0.2, -0.15) is 0 Å². The molecule has 344 valence electrons. The summed E-state index contributed by atoms with van der Waals surface area (Å²) in [6.45, 7) is 6.45. The zero-order chi connectivity index (χ0) is 63.5. The van der Waals surface area contributed by atoms with Crippen molar-refractivity contribution in [2.24, 2.45) is 0 Å². The van der Waals surface area contributed by atoms with E-state index in [1.807, 2.05) is 65.4 Å². The average Bonchev–Trinajstić information content (AvgIpc) is 1.61. The number of benzene rings is 9. The predicted molar refractivity (Wildman–Crippen MR) is 288 cm³/mol. The van der Waals surface area contributed by atoms with Gasteiger partial charge in [0.15, 0.2) is 0 Å². The first-order valence-corrected chi connectivity index (χ1v) is 23.7. The standard InChI is InChI=1S/C64H47N5O.Pt/c1-64(2,3)45-35-36-65-62(37-45)69-58-30-15-12-27-52(58)53-34-33-49(41-61(53)69)70-48-24-18-23-46(38-48)66-42-67(60-32-17-16-31-59(60)66)63-54(43-19-6-4-7-20-43)39-47(40-55(63)44-21-8-5-9-22-44)68-56-28-13-10-25-50(56)51-26-11-14-29-57(51)68;/h4-41H,1-3H3;/i4D,5D,6D,7D,8D,9D,10D,11D,13D,14D,19D,20D,21D,22D,25D,26D,28D,29D;. The third-order valence-corrected chi connectivity index (χ3v) is 13.7. The Labute approximate surface area is 447 Å². The van der Waals surface area contributed by atoms with Gasteiger partial charge in [0.1, 0.15) is 0 Å². The van der Waals surface area contributed by atoms with Crippen LogP contribution >= 0.6 is 0 Å². The Bertz CT molecular complexity index is 5150. The summed E-state index contributed by atoms with van der Waals surface area (Å²) in [4.78, 5) is 4.84. The normalized spacial score (nSPS) is 15.5. The Balaban J connectivity index is 1.11. The van der Waals surface area contributed by atoms with Crippen molar-refractivity contribution in [3.8, 4) is 56.6 Å². The number of ether oxygens (including phenoxy) is 1. The molecule has 0 unspecified atom stereocenters. The van der Waals surface area contributed by atoms with Crippen molar-refractivity contribution in [2.75, 3.05) is 0 Å². The molecule has 7 heteroatoms. The molecule has 13 rings (SSSR count). The van der Waals surface area contributed by atoms with E-state index in [1.165, 1.54) is 12.1 Å². The van der Waals surface area contributed by atoms with E-state index < -0.39 is 120 Å². The van der Waals surface area contributed by atoms with Crippen molar-refractivity contribution >= 4 is 54.6 Å². The molecule has 0 N–H and O–H groups in total. The molecule has 0 bridgehead atoms. The van der Waals surface area contributed by atoms with E-state index in [1.54, 1.807) is 34.9 Å². The number of hydrogen-bond acceptors (Lipinski definition) is 2. The fourth-order valence-electron chi connectivity index (χ4n) is 9.48. The number of fused-ring (bicyclic) bond motifs is 7. The molecular formula is C64H47N5OPt. The van der Waals surface area contributed by atoms with E-state index in [0.717, 1.165) is 37.8 Å². The van der Waals surface area contributed by atoms with Gasteiger partial charge in [0.05, 0.1) is 0 Å². The van der Waals surface area contributed by atoms with Crippen LogP contribution in [0, 0.1) is 3.80 Å². The zero-order valence-electron chi connectivity index (χ0n) is 56.0. The summed E-state index contributed by atoms with van der Waals surface area (Å²) in [5.41, 5.74) is 2.00. The van der Waals surface area contributed by atoms with Crippen LogP contribution in [0.3, 0.4) is 0 Å². The van der Waals surface area contributed by atoms with Crippen LogP contribution < -0.4 is 4.74 Å². The average molecular weight is 1120 g/mol. The number of para-hydroxylation sites is 5. The Morgan fingerprint density at radius 2 is 1.03 bits per heavy atom. The molecule has 0 fully saturated rings. The predicted octanol–water partition coefficient (Wildman–Crippen LogP) is 16.5. The van der Waals surface area contributed by atoms with Gasteiger partial charge in [-0.1, -0.05) is 32.9 Å². The van der Waals surface area contributed by atoms with E-state index >= 15 is 0 Å². The van der Waals surface area contributed by atoms with Crippen LogP contribution in [-0.4, -0.2) is 23.3 Å². The van der Waals surface area contributed by atoms with Crippen molar-refractivity contribution < 1.29 is 48.8 Å². The molecule has 4 heterocycles. The number of nitrogens with zero attached hydrogens (tertiary/aromatic N) is 5. The molecule has 0 aliphatic heterocycles. The van der Waals surface area contributed by atoms with Crippen molar-refractivity contribution in [1.82, 2.24) is 23.3 Å². The second kappa shape index (κ2) is 17.0. The van der Waals surface area contributed by atoms with Crippen molar-refractivity contribution in [1.29, 1.82) is 0 Å². The summed E-state index contributed by atoms with van der Waals surface area (Å²) < 4.78 is 178. The third kappa shape index (κ3) is 7.20. The molecule has 0 saturated carbocycles. The Hall–Kier alpha value is -8.31. The van der Waals surface area contributed by atoms with E-state index in [0.29, 0.717) is 32.0 Å². The van der Waals surface area contributed by atoms with Gasteiger partial charge >= 0.3 is 393 Å². The van der Waals surface area contributed by atoms with Crippen molar-refractivity contribution in [3.63, 3.8) is 0 Å². The molecule has 0 saturated heterocycles. The molecule has 9 aromatic carbocycles. The van der Waals surface area contributed by atoms with Crippen LogP contribution in [0.5, 0.6) is 11.5 Å². The number of imidazole rings is 1. The molecule has 0 aliphatic rings. The SMILES string of the molecule is [2H]c1c([2H])c([2H])c(-c2cc(-n3c4c([2H])c([2H])c([2H])c([2H])c4c4c([2H])c([2H])c([2H])c([2H])c43)cc(-c3c([2H])c([2H])c([2H])c([2H])c3[2H])c2-n2[c](=[Pt])n(-c3cccc(Oc4ccc5c6ccccc6n(-c6cc(C(C)(C)C)ccn6)c5c4)c3)c3ccccc32)c([2H])c1[2H]. The first kappa shape index (κ1) is 27.8. The van der Waals surface area contributed by atoms with Gasteiger partial charge in [0.2, 0.25) is 0 Å². The molecule has 0 amide bonds. The fourth-order valence-corrected chi connectivity index (χ4v) is 10.6. The molecule has 0 radical (unpaired) electrons. The Kier molecular flexibility index (Phi) is 6.64. The summed E-state index contributed by atoms with van der Waals surface area (Å²) in [6.07, 6.45) is 1.81. The molecule has 0 atom stereocenters. The van der Waals surface area contributed by atoms with E-state index in [-0.39, 0.29) is 49.7 Å². The van der Waals surface area contributed by atoms with Gasteiger partial charge in [-0.05, 0) is 17.0 Å². The number of rotatable bonds is 8. The zero-order valence-corrected chi connectivity index (χ0v) is 40.3. The summed E-state index contributed by atoms with van der Waals surface area (Å²) in [7, 11) is 0. The molecule has 0 spiro atoms. The maximum atomic E-state index is 9.58. The van der Waals surface area contributed by atoms with Gasteiger partial charge in [-0.3, -0.25) is 0 Å². The van der Waals surface area contributed by atoms with E-state index in [9.17, 15) is 11.0 Å². The minimum absolute atomic E-state index is 0.0750. The molecule has 6 nitrogen and oxygen atoms in total. The van der Waals surface area contributed by atoms with Crippen LogP contribution in [-0.2, 0) is 24.8 Å². The third-order valence-electron chi connectivity index (χ3n) is 12.7. The maximum absolute atomic E-state index is 9.58. The van der Waals surface area contributed by atoms with E-state index in [4.69, 9.17) is 23.4 Å². The summed E-state index contributed by atoms with van der Waals surface area (Å²) >= 11 is 2.07. The number of aromatic nitrogens is 5. The van der Waals surface area contributed by atoms with Crippen LogP contribution in [0.1, 0.15) is 51.0 Å². The summed E-state index contributed by atoms with van der Waals surface area (Å²) in [6, 6.07) is 22.2. The quantitative estimate of drug-likeness (QED) is 0.152. The fraction of sp³-hybridized carbons (Fsp3) is 0.0625. The summed E-state index contributed by atoms with van der Waals surface area (Å²) in [5, 5.41) is 1.42. The Morgan fingerprint density at radius 1 is 0.451 bits per heavy atom. The van der Waals surface area contributed by atoms with Gasteiger partial charge in [0, 0.05) is 6.20 Å². The van der Waals surface area contributed by atoms with Crippen molar-refractivity contribution in [3.05, 3.63) is 240 Å². The molecular weight excluding hydrogens is 1050 g/mol. The molecule has 71 heavy (non-hydrogen) atoms.